The Morgan fingerprint density at radius 3 is 2.70 bits per heavy atom. The Labute approximate surface area is 160 Å². The van der Waals surface area contributed by atoms with Gasteiger partial charge in [-0.25, -0.2) is 0 Å². The molecule has 0 saturated carbocycles. The van der Waals surface area contributed by atoms with Crippen LogP contribution in [0.3, 0.4) is 0 Å². The number of halogens is 3. The van der Waals surface area contributed by atoms with Gasteiger partial charge in [-0.15, -0.1) is 0 Å². The molecule has 1 unspecified atom stereocenters. The summed E-state index contributed by atoms with van der Waals surface area (Å²) in [5.41, 5.74) is 0.766. The summed E-state index contributed by atoms with van der Waals surface area (Å²) in [6.07, 6.45) is 4.16. The smallest absolute Gasteiger partial charge is 0.255 e. The number of nitrogens with zero attached hydrogens (tertiary/aromatic N) is 1. The van der Waals surface area contributed by atoms with Crippen molar-refractivity contribution in [3.05, 3.63) is 28.4 Å². The Morgan fingerprint density at radius 1 is 1.25 bits per heavy atom. The highest BCUT2D eigenvalue weighted by atomic mass is 127. The lowest BCUT2D eigenvalue weighted by molar-refractivity contribution is 0.0598. The Morgan fingerprint density at radius 2 is 2.00 bits per heavy atom. The zero-order valence-electron chi connectivity index (χ0n) is 10.9. The number of rotatable bonds is 2. The molecular formula is C14H16I3NO2. The highest BCUT2D eigenvalue weighted by molar-refractivity contribution is 14.1. The first kappa shape index (κ1) is 17.2. The zero-order chi connectivity index (χ0) is 14.7. The van der Waals surface area contributed by atoms with Gasteiger partial charge in [0, 0.05) is 17.3 Å². The van der Waals surface area contributed by atoms with Crippen molar-refractivity contribution in [2.45, 2.75) is 31.7 Å². The summed E-state index contributed by atoms with van der Waals surface area (Å²) in [5, 5.41) is 9.56. The van der Waals surface area contributed by atoms with E-state index in [9.17, 15) is 9.90 Å². The minimum atomic E-state index is -0.0312. The maximum absolute atomic E-state index is 12.9. The third-order valence-corrected chi connectivity index (χ3v) is 7.24. The molecule has 0 bridgehead atoms. The lowest BCUT2D eigenvalue weighted by Crippen LogP contribution is -2.42. The van der Waals surface area contributed by atoms with Crippen LogP contribution < -0.4 is 0 Å². The van der Waals surface area contributed by atoms with E-state index in [1.807, 2.05) is 11.0 Å². The summed E-state index contributed by atoms with van der Waals surface area (Å²) < 4.78 is 3.19. The van der Waals surface area contributed by atoms with Crippen molar-refractivity contribution >= 4 is 73.7 Å². The van der Waals surface area contributed by atoms with Crippen molar-refractivity contribution in [1.29, 1.82) is 0 Å². The van der Waals surface area contributed by atoms with E-state index in [0.717, 1.165) is 48.5 Å². The summed E-state index contributed by atoms with van der Waals surface area (Å²) in [6.45, 7) is 0.811. The third kappa shape index (κ3) is 3.97. The van der Waals surface area contributed by atoms with Gasteiger partial charge in [0.15, 0.2) is 0 Å². The number of hydrogen-bond acceptors (Lipinski definition) is 2. The van der Waals surface area contributed by atoms with Crippen LogP contribution in [-0.2, 0) is 0 Å². The molecule has 0 radical (unpaired) electrons. The Hall–Kier alpha value is 0.840. The molecule has 1 N–H and O–H groups in total. The molecule has 2 rings (SSSR count). The second kappa shape index (κ2) is 7.91. The van der Waals surface area contributed by atoms with E-state index in [-0.39, 0.29) is 18.6 Å². The highest BCUT2D eigenvalue weighted by Crippen LogP contribution is 2.26. The zero-order valence-corrected chi connectivity index (χ0v) is 17.4. The second-order valence-electron chi connectivity index (χ2n) is 4.93. The van der Waals surface area contributed by atoms with Crippen LogP contribution in [0.4, 0.5) is 0 Å². The first-order valence-electron chi connectivity index (χ1n) is 6.61. The largest absolute Gasteiger partial charge is 0.394 e. The van der Waals surface area contributed by atoms with Crippen LogP contribution in [0.25, 0.3) is 0 Å². The molecule has 110 valence electrons. The van der Waals surface area contributed by atoms with Gasteiger partial charge in [0.25, 0.3) is 5.91 Å². The number of aliphatic hydroxyl groups is 1. The summed E-state index contributed by atoms with van der Waals surface area (Å²) in [7, 11) is 0. The van der Waals surface area contributed by atoms with Crippen molar-refractivity contribution < 1.29 is 9.90 Å². The van der Waals surface area contributed by atoms with Crippen molar-refractivity contribution in [1.82, 2.24) is 4.90 Å². The minimum Gasteiger partial charge on any atom is -0.394 e. The molecule has 0 aliphatic carbocycles. The topological polar surface area (TPSA) is 40.5 Å². The number of carbonyl (C=O) groups excluding carboxylic acids is 1. The summed E-state index contributed by atoms with van der Waals surface area (Å²) in [6, 6.07) is 3.99. The van der Waals surface area contributed by atoms with Gasteiger partial charge >= 0.3 is 0 Å². The Bertz CT molecular complexity index is 507. The van der Waals surface area contributed by atoms with Crippen LogP contribution in [0.15, 0.2) is 12.1 Å². The lowest BCUT2D eigenvalue weighted by Gasteiger charge is -2.29. The standard InChI is InChI=1S/C14H16I3NO2/c15-9-6-11(13(17)12(16)7-9)14(20)18-5-3-1-2-4-10(18)8-19/h6-7,10,19H,1-5,8H2. The maximum Gasteiger partial charge on any atom is 0.255 e. The summed E-state index contributed by atoms with van der Waals surface area (Å²) in [5.74, 6) is 0.0618. The van der Waals surface area contributed by atoms with Crippen molar-refractivity contribution in [2.75, 3.05) is 13.2 Å². The van der Waals surface area contributed by atoms with E-state index in [1.54, 1.807) is 0 Å². The average molecular weight is 611 g/mol. The normalized spacial score (nSPS) is 19.8. The second-order valence-corrected chi connectivity index (χ2v) is 8.42. The van der Waals surface area contributed by atoms with Gasteiger partial charge in [-0.3, -0.25) is 4.79 Å². The predicted molar refractivity (Wildman–Crippen MR) is 105 cm³/mol. The fraction of sp³-hybridized carbons (Fsp3) is 0.500. The number of amides is 1. The molecule has 1 atom stereocenters. The molecule has 3 nitrogen and oxygen atoms in total. The Kier molecular flexibility index (Phi) is 6.80. The monoisotopic (exact) mass is 611 g/mol. The number of carbonyl (C=O) groups is 1. The average Bonchev–Trinajstić information content (AvgIpc) is 2.67. The van der Waals surface area contributed by atoms with Gasteiger partial charge < -0.3 is 10.0 Å². The first-order valence-corrected chi connectivity index (χ1v) is 9.84. The number of aliphatic hydroxyl groups excluding tert-OH is 1. The SMILES string of the molecule is O=C(c1cc(I)cc(I)c1I)N1CCCCCC1CO. The van der Waals surface area contributed by atoms with Gasteiger partial charge in [0.2, 0.25) is 0 Å². The summed E-state index contributed by atoms with van der Waals surface area (Å²) in [4.78, 5) is 14.7. The number of benzene rings is 1. The molecule has 1 aromatic rings. The van der Waals surface area contributed by atoms with Gasteiger partial charge in [-0.1, -0.05) is 12.8 Å². The molecule has 0 aromatic heterocycles. The number of hydrogen-bond donors (Lipinski definition) is 1. The molecule has 1 aliphatic heterocycles. The van der Waals surface area contributed by atoms with Gasteiger partial charge in [0.1, 0.15) is 0 Å². The van der Waals surface area contributed by atoms with Gasteiger partial charge in [-0.05, 0) is 92.7 Å². The third-order valence-electron chi connectivity index (χ3n) is 3.57. The van der Waals surface area contributed by atoms with E-state index in [2.05, 4.69) is 73.8 Å². The fourth-order valence-corrected chi connectivity index (χ4v) is 4.89. The Balaban J connectivity index is 2.33. The van der Waals surface area contributed by atoms with Gasteiger partial charge in [-0.2, -0.15) is 0 Å². The van der Waals surface area contributed by atoms with Crippen molar-refractivity contribution in [3.8, 4) is 0 Å². The van der Waals surface area contributed by atoms with E-state index >= 15 is 0 Å². The van der Waals surface area contributed by atoms with Crippen LogP contribution >= 0.6 is 67.8 Å². The highest BCUT2D eigenvalue weighted by Gasteiger charge is 2.27. The van der Waals surface area contributed by atoms with E-state index in [4.69, 9.17) is 0 Å². The van der Waals surface area contributed by atoms with E-state index in [0.29, 0.717) is 0 Å². The molecule has 1 aliphatic rings. The van der Waals surface area contributed by atoms with E-state index < -0.39 is 0 Å². The quantitative estimate of drug-likeness (QED) is 0.408. The maximum atomic E-state index is 12.9. The molecule has 1 saturated heterocycles. The molecule has 1 heterocycles. The molecule has 6 heteroatoms. The van der Waals surface area contributed by atoms with E-state index in [1.165, 1.54) is 0 Å². The van der Waals surface area contributed by atoms with Crippen molar-refractivity contribution in [2.24, 2.45) is 0 Å². The molecule has 20 heavy (non-hydrogen) atoms. The van der Waals surface area contributed by atoms with Crippen LogP contribution in [0.5, 0.6) is 0 Å². The number of likely N-dealkylation sites (tertiary alicyclic amines) is 1. The molecule has 1 fully saturated rings. The van der Waals surface area contributed by atoms with Crippen LogP contribution in [0, 0.1) is 10.7 Å². The molecule has 1 aromatic carbocycles. The predicted octanol–water partition coefficient (Wildman–Crippen LogP) is 3.88. The minimum absolute atomic E-state index is 0.0312. The van der Waals surface area contributed by atoms with Crippen molar-refractivity contribution in [3.63, 3.8) is 0 Å². The lowest BCUT2D eigenvalue weighted by atomic mass is 10.1. The molecular weight excluding hydrogens is 595 g/mol. The van der Waals surface area contributed by atoms with Gasteiger partial charge in [0.05, 0.1) is 18.2 Å². The van der Waals surface area contributed by atoms with Crippen LogP contribution in [-0.4, -0.2) is 35.1 Å². The summed E-state index contributed by atoms with van der Waals surface area (Å²) >= 11 is 6.76. The molecule has 0 spiro atoms. The van der Waals surface area contributed by atoms with Crippen LogP contribution in [0.2, 0.25) is 0 Å². The first-order chi connectivity index (χ1) is 9.54. The molecule has 1 amide bonds. The van der Waals surface area contributed by atoms with Crippen LogP contribution in [0.1, 0.15) is 36.0 Å². The fourth-order valence-electron chi connectivity index (χ4n) is 2.50.